The molecule has 11 heavy (non-hydrogen) atoms. The van der Waals surface area contributed by atoms with Crippen LogP contribution in [0.1, 0.15) is 32.6 Å². The van der Waals surface area contributed by atoms with E-state index in [0.717, 1.165) is 19.1 Å². The van der Waals surface area contributed by atoms with Crippen LogP contribution >= 0.6 is 0 Å². The van der Waals surface area contributed by atoms with Crippen LogP contribution in [0, 0.1) is 5.92 Å². The van der Waals surface area contributed by atoms with Crippen LogP contribution in [0.3, 0.4) is 0 Å². The molecule has 1 saturated carbocycles. The Labute approximate surface area is 69.1 Å². The first-order valence-corrected chi connectivity index (χ1v) is 4.62. The molecule has 0 spiro atoms. The predicted molar refractivity (Wildman–Crippen MR) is 46.4 cm³/mol. The zero-order valence-corrected chi connectivity index (χ0v) is 7.38. The Balaban J connectivity index is 1.94. The zero-order chi connectivity index (χ0) is 8.10. The maximum absolute atomic E-state index is 5.55. The summed E-state index contributed by atoms with van der Waals surface area (Å²) < 4.78 is 5.45. The molecule has 2 nitrogen and oxygen atoms in total. The predicted octanol–water partition coefficient (Wildman–Crippen LogP) is 1.54. The third kappa shape index (κ3) is 3.73. The Morgan fingerprint density at radius 2 is 2.09 bits per heavy atom. The molecule has 1 unspecified atom stereocenters. The van der Waals surface area contributed by atoms with Gasteiger partial charge >= 0.3 is 0 Å². The highest BCUT2D eigenvalue weighted by molar-refractivity contribution is 4.66. The third-order valence-corrected chi connectivity index (χ3v) is 2.21. The molecule has 1 fully saturated rings. The second-order valence-electron chi connectivity index (χ2n) is 3.67. The van der Waals surface area contributed by atoms with E-state index >= 15 is 0 Å². The van der Waals surface area contributed by atoms with Gasteiger partial charge in [0.05, 0.1) is 6.61 Å². The largest absolute Gasteiger partial charge is 0.380 e. The lowest BCUT2D eigenvalue weighted by atomic mass is 10.1. The lowest BCUT2D eigenvalue weighted by Crippen LogP contribution is -2.23. The van der Waals surface area contributed by atoms with Crippen LogP contribution in [0.15, 0.2) is 0 Å². The summed E-state index contributed by atoms with van der Waals surface area (Å²) in [6, 6.07) is 0.191. The molecule has 2 heteroatoms. The Morgan fingerprint density at radius 3 is 2.64 bits per heavy atom. The van der Waals surface area contributed by atoms with E-state index in [1.54, 1.807) is 0 Å². The summed E-state index contributed by atoms with van der Waals surface area (Å²) in [4.78, 5) is 0. The second kappa shape index (κ2) is 4.73. The Bertz CT molecular complexity index is 97.7. The fourth-order valence-corrected chi connectivity index (χ4v) is 1.60. The van der Waals surface area contributed by atoms with Gasteiger partial charge in [0.25, 0.3) is 0 Å². The van der Waals surface area contributed by atoms with E-state index in [4.69, 9.17) is 10.5 Å². The van der Waals surface area contributed by atoms with Crippen molar-refractivity contribution < 1.29 is 4.74 Å². The van der Waals surface area contributed by atoms with Gasteiger partial charge in [-0.3, -0.25) is 0 Å². The zero-order valence-electron chi connectivity index (χ0n) is 7.38. The number of ether oxygens (including phenoxy) is 1. The van der Waals surface area contributed by atoms with Crippen molar-refractivity contribution in [3.63, 3.8) is 0 Å². The number of nitrogens with two attached hydrogens (primary N) is 1. The van der Waals surface area contributed by atoms with E-state index in [2.05, 4.69) is 0 Å². The minimum absolute atomic E-state index is 0.191. The van der Waals surface area contributed by atoms with Crippen molar-refractivity contribution >= 4 is 0 Å². The molecule has 2 N–H and O–H groups in total. The van der Waals surface area contributed by atoms with Gasteiger partial charge in [-0.05, 0) is 25.7 Å². The van der Waals surface area contributed by atoms with Gasteiger partial charge in [-0.2, -0.15) is 0 Å². The number of hydrogen-bond donors (Lipinski definition) is 1. The molecule has 0 aromatic carbocycles. The van der Waals surface area contributed by atoms with Crippen LogP contribution in [0.4, 0.5) is 0 Å². The van der Waals surface area contributed by atoms with Crippen LogP contribution in [-0.2, 0) is 4.74 Å². The highest BCUT2D eigenvalue weighted by atomic mass is 16.5. The topological polar surface area (TPSA) is 35.2 Å². The van der Waals surface area contributed by atoms with Crippen LogP contribution in [0.2, 0.25) is 0 Å². The van der Waals surface area contributed by atoms with Crippen LogP contribution in [0.5, 0.6) is 0 Å². The van der Waals surface area contributed by atoms with Crippen molar-refractivity contribution in [2.75, 3.05) is 13.2 Å². The van der Waals surface area contributed by atoms with Gasteiger partial charge in [-0.1, -0.05) is 12.8 Å². The van der Waals surface area contributed by atoms with Gasteiger partial charge in [-0.15, -0.1) is 0 Å². The van der Waals surface area contributed by atoms with E-state index in [1.165, 1.54) is 25.7 Å². The standard InChI is InChI=1S/C9H19NO/c1-8(10)6-11-7-9-4-2-3-5-9/h8-9H,2-7,10H2,1H3. The monoisotopic (exact) mass is 157 g/mol. The SMILES string of the molecule is CC(N)COCC1CCCC1. The molecule has 0 radical (unpaired) electrons. The van der Waals surface area contributed by atoms with E-state index in [9.17, 15) is 0 Å². The molecular weight excluding hydrogens is 138 g/mol. The molecule has 0 aromatic rings. The Hall–Kier alpha value is -0.0800. The average Bonchev–Trinajstić information content (AvgIpc) is 2.39. The summed E-state index contributed by atoms with van der Waals surface area (Å²) in [7, 11) is 0. The van der Waals surface area contributed by atoms with E-state index < -0.39 is 0 Å². The summed E-state index contributed by atoms with van der Waals surface area (Å²) >= 11 is 0. The molecule has 0 aliphatic heterocycles. The first-order chi connectivity index (χ1) is 5.29. The molecular formula is C9H19NO. The molecule has 0 aromatic heterocycles. The van der Waals surface area contributed by atoms with Gasteiger partial charge in [0.15, 0.2) is 0 Å². The van der Waals surface area contributed by atoms with Crippen LogP contribution in [0.25, 0.3) is 0 Å². The second-order valence-corrected chi connectivity index (χ2v) is 3.67. The molecule has 0 amide bonds. The van der Waals surface area contributed by atoms with E-state index in [-0.39, 0.29) is 6.04 Å². The first kappa shape index (κ1) is 9.01. The molecule has 1 atom stereocenters. The highest BCUT2D eigenvalue weighted by Crippen LogP contribution is 2.24. The lowest BCUT2D eigenvalue weighted by Gasteiger charge is -2.11. The van der Waals surface area contributed by atoms with Gasteiger partial charge in [0.2, 0.25) is 0 Å². The van der Waals surface area contributed by atoms with Gasteiger partial charge < -0.3 is 10.5 Å². The van der Waals surface area contributed by atoms with Crippen molar-refractivity contribution in [2.45, 2.75) is 38.6 Å². The van der Waals surface area contributed by atoms with Crippen molar-refractivity contribution in [3.05, 3.63) is 0 Å². The quantitative estimate of drug-likeness (QED) is 0.672. The normalized spacial score (nSPS) is 22.4. The van der Waals surface area contributed by atoms with Crippen molar-refractivity contribution in [3.8, 4) is 0 Å². The van der Waals surface area contributed by atoms with Gasteiger partial charge in [0, 0.05) is 12.6 Å². The lowest BCUT2D eigenvalue weighted by molar-refractivity contribution is 0.0934. The average molecular weight is 157 g/mol. The Morgan fingerprint density at radius 1 is 1.45 bits per heavy atom. The Kier molecular flexibility index (Phi) is 3.87. The minimum Gasteiger partial charge on any atom is -0.380 e. The van der Waals surface area contributed by atoms with Gasteiger partial charge in [0.1, 0.15) is 0 Å². The fourth-order valence-electron chi connectivity index (χ4n) is 1.60. The number of rotatable bonds is 4. The molecule has 1 aliphatic carbocycles. The van der Waals surface area contributed by atoms with E-state index in [0.29, 0.717) is 0 Å². The molecule has 1 aliphatic rings. The fraction of sp³-hybridized carbons (Fsp3) is 1.00. The van der Waals surface area contributed by atoms with Crippen molar-refractivity contribution in [2.24, 2.45) is 11.7 Å². The van der Waals surface area contributed by atoms with Crippen molar-refractivity contribution in [1.82, 2.24) is 0 Å². The number of hydrogen-bond acceptors (Lipinski definition) is 2. The maximum atomic E-state index is 5.55. The molecule has 66 valence electrons. The van der Waals surface area contributed by atoms with Crippen LogP contribution in [-0.4, -0.2) is 19.3 Å². The minimum atomic E-state index is 0.191. The summed E-state index contributed by atoms with van der Waals surface area (Å²) in [5.74, 6) is 0.828. The van der Waals surface area contributed by atoms with E-state index in [1.807, 2.05) is 6.92 Å². The van der Waals surface area contributed by atoms with Crippen LogP contribution < -0.4 is 5.73 Å². The molecule has 1 rings (SSSR count). The molecule has 0 saturated heterocycles. The summed E-state index contributed by atoms with van der Waals surface area (Å²) in [5, 5.41) is 0. The summed E-state index contributed by atoms with van der Waals surface area (Å²) in [6.45, 7) is 3.63. The summed E-state index contributed by atoms with van der Waals surface area (Å²) in [5.41, 5.74) is 5.55. The van der Waals surface area contributed by atoms with Gasteiger partial charge in [-0.25, -0.2) is 0 Å². The summed E-state index contributed by atoms with van der Waals surface area (Å²) in [6.07, 6.45) is 5.51. The van der Waals surface area contributed by atoms with Crippen molar-refractivity contribution in [1.29, 1.82) is 0 Å². The highest BCUT2D eigenvalue weighted by Gasteiger charge is 2.14. The molecule has 0 bridgehead atoms. The first-order valence-electron chi connectivity index (χ1n) is 4.62. The molecule has 0 heterocycles. The third-order valence-electron chi connectivity index (χ3n) is 2.21. The maximum Gasteiger partial charge on any atom is 0.0614 e. The smallest absolute Gasteiger partial charge is 0.0614 e.